The number of nitrogens with one attached hydrogen (secondary N) is 1. The number of benzene rings is 1. The van der Waals surface area contributed by atoms with Crippen molar-refractivity contribution in [3.05, 3.63) is 47.5 Å². The number of likely N-dealkylation sites (N-methyl/N-ethyl adjacent to an activating group) is 1. The van der Waals surface area contributed by atoms with Gasteiger partial charge in [-0.05, 0) is 25.1 Å². The van der Waals surface area contributed by atoms with Crippen LogP contribution in [0.3, 0.4) is 0 Å². The third-order valence-corrected chi connectivity index (χ3v) is 4.58. The summed E-state index contributed by atoms with van der Waals surface area (Å²) in [6.45, 7) is 2.20. The van der Waals surface area contributed by atoms with E-state index in [9.17, 15) is 4.79 Å². The van der Waals surface area contributed by atoms with Crippen LogP contribution in [0.2, 0.25) is 0 Å². The minimum Gasteiger partial charge on any atom is -0.376 e. The van der Waals surface area contributed by atoms with E-state index in [1.165, 1.54) is 6.33 Å². The summed E-state index contributed by atoms with van der Waals surface area (Å²) in [4.78, 5) is 20.4. The van der Waals surface area contributed by atoms with E-state index in [0.29, 0.717) is 6.54 Å². The molecule has 2 atom stereocenters. The molecule has 25 heavy (non-hydrogen) atoms. The van der Waals surface area contributed by atoms with Gasteiger partial charge >= 0.3 is 0 Å². The van der Waals surface area contributed by atoms with Gasteiger partial charge in [0.1, 0.15) is 12.2 Å². The maximum absolute atomic E-state index is 12.4. The van der Waals surface area contributed by atoms with Crippen molar-refractivity contribution in [2.24, 2.45) is 0 Å². The lowest BCUT2D eigenvalue weighted by atomic mass is 10.00. The lowest BCUT2D eigenvalue weighted by Crippen LogP contribution is -2.33. The Kier molecular flexibility index (Phi) is 5.45. The normalized spacial score (nSPS) is 20.2. The van der Waals surface area contributed by atoms with E-state index in [2.05, 4.69) is 27.1 Å². The van der Waals surface area contributed by atoms with Crippen LogP contribution >= 0.6 is 0 Å². The van der Waals surface area contributed by atoms with Crippen molar-refractivity contribution in [3.63, 3.8) is 0 Å². The van der Waals surface area contributed by atoms with Crippen molar-refractivity contribution in [3.8, 4) is 0 Å². The van der Waals surface area contributed by atoms with Gasteiger partial charge in [0.05, 0.1) is 6.10 Å². The summed E-state index contributed by atoms with van der Waals surface area (Å²) in [5.74, 6) is 1.16. The summed E-state index contributed by atoms with van der Waals surface area (Å²) >= 11 is 0. The highest BCUT2D eigenvalue weighted by Crippen LogP contribution is 2.29. The Bertz CT molecular complexity index is 701. The molecule has 0 aliphatic carbocycles. The molecule has 1 amide bonds. The van der Waals surface area contributed by atoms with Gasteiger partial charge in [-0.2, -0.15) is 5.10 Å². The van der Waals surface area contributed by atoms with Crippen LogP contribution in [0.5, 0.6) is 0 Å². The van der Waals surface area contributed by atoms with Gasteiger partial charge in [-0.15, -0.1) is 0 Å². The largest absolute Gasteiger partial charge is 0.376 e. The molecule has 7 nitrogen and oxygen atoms in total. The molecule has 1 aromatic carbocycles. The highest BCUT2D eigenvalue weighted by molar-refractivity contribution is 5.95. The number of rotatable bonds is 6. The third-order valence-electron chi connectivity index (χ3n) is 4.58. The second kappa shape index (κ2) is 7.76. The molecule has 0 saturated carbocycles. The predicted molar refractivity (Wildman–Crippen MR) is 94.3 cm³/mol. The summed E-state index contributed by atoms with van der Waals surface area (Å²) in [5.41, 5.74) is 1.77. The number of aromatic amines is 1. The van der Waals surface area contributed by atoms with Crippen molar-refractivity contribution < 1.29 is 9.53 Å². The standard InChI is InChI=1S/C18H25N5O2/c1-22(2)18(24)14-7-5-4-6-13(14)10-23(3)11-16-15(8-9-25-16)17-19-12-20-21-17/h4-7,12,15-16H,8-11H2,1-3H3,(H,19,20,21)/t15-,16-/m1/s1. The summed E-state index contributed by atoms with van der Waals surface area (Å²) in [6, 6.07) is 7.77. The summed E-state index contributed by atoms with van der Waals surface area (Å²) in [7, 11) is 5.60. The van der Waals surface area contributed by atoms with E-state index >= 15 is 0 Å². The average molecular weight is 343 g/mol. The van der Waals surface area contributed by atoms with Gasteiger partial charge in [0.25, 0.3) is 5.91 Å². The van der Waals surface area contributed by atoms with E-state index in [-0.39, 0.29) is 17.9 Å². The lowest BCUT2D eigenvalue weighted by molar-refractivity contribution is 0.0708. The summed E-state index contributed by atoms with van der Waals surface area (Å²) in [6.07, 6.45) is 2.57. The molecule has 0 bridgehead atoms. The van der Waals surface area contributed by atoms with E-state index in [1.54, 1.807) is 19.0 Å². The molecule has 1 saturated heterocycles. The fraction of sp³-hybridized carbons (Fsp3) is 0.500. The highest BCUT2D eigenvalue weighted by atomic mass is 16.5. The molecule has 2 aromatic rings. The maximum atomic E-state index is 12.4. The van der Waals surface area contributed by atoms with Gasteiger partial charge in [-0.25, -0.2) is 4.98 Å². The number of nitrogens with zero attached hydrogens (tertiary/aromatic N) is 4. The maximum Gasteiger partial charge on any atom is 0.253 e. The van der Waals surface area contributed by atoms with Crippen LogP contribution in [-0.2, 0) is 11.3 Å². The number of hydrogen-bond acceptors (Lipinski definition) is 5. The molecular formula is C18H25N5O2. The molecule has 1 fully saturated rings. The number of carbonyl (C=O) groups is 1. The fourth-order valence-corrected chi connectivity index (χ4v) is 3.31. The van der Waals surface area contributed by atoms with E-state index in [1.807, 2.05) is 24.3 Å². The van der Waals surface area contributed by atoms with Crippen molar-refractivity contribution in [2.75, 3.05) is 34.3 Å². The molecular weight excluding hydrogens is 318 g/mol. The Morgan fingerprint density at radius 1 is 1.32 bits per heavy atom. The number of aromatic nitrogens is 3. The lowest BCUT2D eigenvalue weighted by Gasteiger charge is -2.25. The number of H-pyrrole nitrogens is 1. The number of carbonyl (C=O) groups excluding carboxylic acids is 1. The SMILES string of the molecule is CN(Cc1ccccc1C(=O)N(C)C)C[C@H]1OCC[C@H]1c1ncn[nH]1. The van der Waals surface area contributed by atoms with Crippen LogP contribution in [0.15, 0.2) is 30.6 Å². The molecule has 1 aliphatic rings. The summed E-state index contributed by atoms with van der Waals surface area (Å²) < 4.78 is 5.91. The Morgan fingerprint density at radius 3 is 2.84 bits per heavy atom. The topological polar surface area (TPSA) is 74.3 Å². The van der Waals surface area contributed by atoms with Crippen molar-refractivity contribution >= 4 is 5.91 Å². The first-order valence-corrected chi connectivity index (χ1v) is 8.51. The Balaban J connectivity index is 1.67. The average Bonchev–Trinajstić information content (AvgIpc) is 3.25. The molecule has 1 aliphatic heterocycles. The first kappa shape index (κ1) is 17.6. The number of ether oxygens (including phenoxy) is 1. The zero-order valence-corrected chi connectivity index (χ0v) is 15.0. The Labute approximate surface area is 148 Å². The van der Waals surface area contributed by atoms with Gasteiger partial charge in [-0.1, -0.05) is 18.2 Å². The highest BCUT2D eigenvalue weighted by Gasteiger charge is 2.32. The first-order valence-electron chi connectivity index (χ1n) is 8.51. The van der Waals surface area contributed by atoms with Crippen molar-refractivity contribution in [1.29, 1.82) is 0 Å². The van der Waals surface area contributed by atoms with Crippen molar-refractivity contribution in [1.82, 2.24) is 25.0 Å². The molecule has 7 heteroatoms. The minimum atomic E-state index is 0.0284. The first-order chi connectivity index (χ1) is 12.1. The van der Waals surface area contributed by atoms with Crippen molar-refractivity contribution in [2.45, 2.75) is 25.0 Å². The molecule has 134 valence electrons. The number of hydrogen-bond donors (Lipinski definition) is 1. The van der Waals surface area contributed by atoms with Crippen LogP contribution in [0.4, 0.5) is 0 Å². The molecule has 0 radical (unpaired) electrons. The second-order valence-electron chi connectivity index (χ2n) is 6.73. The Morgan fingerprint density at radius 2 is 2.12 bits per heavy atom. The molecule has 1 N–H and O–H groups in total. The number of amides is 1. The van der Waals surface area contributed by atoms with E-state index < -0.39 is 0 Å². The zero-order valence-electron chi connectivity index (χ0n) is 15.0. The van der Waals surface area contributed by atoms with Crippen LogP contribution in [0.1, 0.15) is 34.1 Å². The molecule has 1 aromatic heterocycles. The summed E-state index contributed by atoms with van der Waals surface area (Å²) in [5, 5.41) is 6.91. The predicted octanol–water partition coefficient (Wildman–Crippen LogP) is 1.51. The van der Waals surface area contributed by atoms with Crippen LogP contribution in [-0.4, -0.2) is 71.3 Å². The molecule has 2 heterocycles. The van der Waals surface area contributed by atoms with Crippen LogP contribution in [0, 0.1) is 0 Å². The molecule has 0 spiro atoms. The van der Waals surface area contributed by atoms with Gasteiger partial charge < -0.3 is 9.64 Å². The zero-order chi connectivity index (χ0) is 17.8. The van der Waals surface area contributed by atoms with E-state index in [0.717, 1.165) is 36.5 Å². The molecule has 0 unspecified atom stereocenters. The Hall–Kier alpha value is -2.25. The van der Waals surface area contributed by atoms with E-state index in [4.69, 9.17) is 4.74 Å². The minimum absolute atomic E-state index is 0.0284. The van der Waals surface area contributed by atoms with Gasteiger partial charge in [0.2, 0.25) is 0 Å². The van der Waals surface area contributed by atoms with Crippen LogP contribution in [0.25, 0.3) is 0 Å². The monoisotopic (exact) mass is 343 g/mol. The van der Waals surface area contributed by atoms with Gasteiger partial charge in [-0.3, -0.25) is 14.8 Å². The fourth-order valence-electron chi connectivity index (χ4n) is 3.31. The molecule has 3 rings (SSSR count). The van der Waals surface area contributed by atoms with Crippen LogP contribution < -0.4 is 0 Å². The van der Waals surface area contributed by atoms with Gasteiger partial charge in [0.15, 0.2) is 0 Å². The second-order valence-corrected chi connectivity index (χ2v) is 6.73. The quantitative estimate of drug-likeness (QED) is 0.861. The third kappa shape index (κ3) is 4.05. The van der Waals surface area contributed by atoms with Gasteiger partial charge in [0, 0.05) is 45.3 Å². The smallest absolute Gasteiger partial charge is 0.253 e.